The summed E-state index contributed by atoms with van der Waals surface area (Å²) in [4.78, 5) is 44.9. The van der Waals surface area contributed by atoms with Crippen molar-refractivity contribution in [2.45, 2.75) is 31.6 Å². The van der Waals surface area contributed by atoms with Crippen molar-refractivity contribution in [3.05, 3.63) is 36.0 Å². The second kappa shape index (κ2) is 16.2. The van der Waals surface area contributed by atoms with Crippen LogP contribution in [0, 0.1) is 0 Å². The number of rotatable bonds is 10. The van der Waals surface area contributed by atoms with Crippen molar-refractivity contribution < 1.29 is 55.7 Å². The topological polar surface area (TPSA) is 175 Å². The molecule has 0 aliphatic rings. The molecule has 16 heteroatoms. The van der Waals surface area contributed by atoms with Crippen LogP contribution >= 0.6 is 0 Å². The number of carboxylic acid groups (broad SMARTS) is 2. The molecule has 0 spiro atoms. The number of carboxylic acids is 2. The predicted octanol–water partition coefficient (Wildman–Crippen LogP) is 2.45. The van der Waals surface area contributed by atoms with Gasteiger partial charge in [-0.15, -0.1) is 0 Å². The normalized spacial score (nSPS) is 11.0. The molecule has 1 aromatic heterocycles. The fourth-order valence-corrected chi connectivity index (χ4v) is 2.40. The maximum Gasteiger partial charge on any atom is 0.490 e. The van der Waals surface area contributed by atoms with Gasteiger partial charge >= 0.3 is 24.3 Å². The summed E-state index contributed by atoms with van der Waals surface area (Å²) < 4.78 is 63.5. The van der Waals surface area contributed by atoms with E-state index in [1.807, 2.05) is 24.3 Å². The Balaban J connectivity index is 0.000000761. The number of carbonyl (C=O) groups is 4. The first kappa shape index (κ1) is 33.3. The van der Waals surface area contributed by atoms with Crippen molar-refractivity contribution in [1.82, 2.24) is 15.6 Å². The van der Waals surface area contributed by atoms with Crippen molar-refractivity contribution >= 4 is 34.5 Å². The highest BCUT2D eigenvalue weighted by molar-refractivity contribution is 6.44. The summed E-state index contributed by atoms with van der Waals surface area (Å²) in [7, 11) is 0. The number of aromatic nitrogens is 1. The number of nitrogens with two attached hydrogens (primary N) is 1. The van der Waals surface area contributed by atoms with Crippen LogP contribution in [0.2, 0.25) is 0 Å². The summed E-state index contributed by atoms with van der Waals surface area (Å²) in [5.41, 5.74) is 6.68. The lowest BCUT2D eigenvalue weighted by atomic mass is 10.1. The molecule has 10 nitrogen and oxygen atoms in total. The Morgan fingerprint density at radius 1 is 0.838 bits per heavy atom. The molecule has 1 aromatic carbocycles. The van der Waals surface area contributed by atoms with Gasteiger partial charge in [-0.25, -0.2) is 9.59 Å². The highest BCUT2D eigenvalue weighted by Gasteiger charge is 2.38. The number of aliphatic carboxylic acids is 2. The molecule has 0 radical (unpaired) electrons. The zero-order valence-electron chi connectivity index (χ0n) is 19.2. The van der Waals surface area contributed by atoms with Crippen molar-refractivity contribution in [2.24, 2.45) is 5.73 Å². The summed E-state index contributed by atoms with van der Waals surface area (Å²) in [6, 6.07) is 7.44. The smallest absolute Gasteiger partial charge is 0.475 e. The van der Waals surface area contributed by atoms with Gasteiger partial charge in [0.25, 0.3) is 11.7 Å². The van der Waals surface area contributed by atoms with Gasteiger partial charge in [-0.2, -0.15) is 26.3 Å². The number of para-hydroxylation sites is 1. The molecule has 0 saturated carbocycles. The maximum atomic E-state index is 12.2. The number of hydrogen-bond acceptors (Lipinski definition) is 6. The van der Waals surface area contributed by atoms with E-state index < -0.39 is 36.0 Å². The Kier molecular flexibility index (Phi) is 14.6. The quantitative estimate of drug-likeness (QED) is 0.114. The third-order valence-electron chi connectivity index (χ3n) is 4.15. The number of alkyl halides is 6. The van der Waals surface area contributed by atoms with Gasteiger partial charge < -0.3 is 31.6 Å². The van der Waals surface area contributed by atoms with E-state index >= 15 is 0 Å². The van der Waals surface area contributed by atoms with Gasteiger partial charge in [0.1, 0.15) is 0 Å². The second-order valence-corrected chi connectivity index (χ2v) is 7.04. The van der Waals surface area contributed by atoms with Crippen LogP contribution in [0.15, 0.2) is 30.5 Å². The molecule has 0 atom stereocenters. The van der Waals surface area contributed by atoms with Crippen LogP contribution in [0.4, 0.5) is 26.3 Å². The van der Waals surface area contributed by atoms with Crippen LogP contribution < -0.4 is 16.4 Å². The molecule has 0 bridgehead atoms. The lowest BCUT2D eigenvalue weighted by Gasteiger charge is -2.06. The van der Waals surface area contributed by atoms with E-state index in [9.17, 15) is 35.9 Å². The van der Waals surface area contributed by atoms with Gasteiger partial charge in [0.2, 0.25) is 0 Å². The zero-order valence-corrected chi connectivity index (χ0v) is 19.2. The predicted molar refractivity (Wildman–Crippen MR) is 119 cm³/mol. The second-order valence-electron chi connectivity index (χ2n) is 7.04. The lowest BCUT2D eigenvalue weighted by molar-refractivity contribution is -0.193. The van der Waals surface area contributed by atoms with Gasteiger partial charge in [0.15, 0.2) is 0 Å². The molecule has 2 aromatic rings. The fourth-order valence-electron chi connectivity index (χ4n) is 2.40. The summed E-state index contributed by atoms with van der Waals surface area (Å²) in [6.07, 6.45) is -5.72. The Bertz CT molecular complexity index is 999. The number of amides is 1. The standard InChI is InChI=1S/C17H24N4O2.2C2HF3O2/c18-8-3-4-9-19-10-5-11-20-17(23)16(22)14-12-21-15-7-2-1-6-13(14)15;2*3-2(4,5)1(6)7/h1-2,6-7,12,19,21H,3-5,8-11,18H2,(H,20,23);2*(H,6,7). The summed E-state index contributed by atoms with van der Waals surface area (Å²) in [6.45, 7) is 2.94. The Morgan fingerprint density at radius 3 is 1.86 bits per heavy atom. The van der Waals surface area contributed by atoms with E-state index in [0.717, 1.165) is 43.3 Å². The minimum atomic E-state index is -5.08. The molecule has 0 aliphatic carbocycles. The van der Waals surface area contributed by atoms with Gasteiger partial charge in [-0.3, -0.25) is 9.59 Å². The fraction of sp³-hybridized carbons (Fsp3) is 0.429. The monoisotopic (exact) mass is 544 g/mol. The third-order valence-corrected chi connectivity index (χ3v) is 4.15. The number of hydrogen-bond donors (Lipinski definition) is 6. The number of unbranched alkanes of at least 4 members (excludes halogenated alkanes) is 1. The molecule has 0 aliphatic heterocycles. The number of ketones is 1. The minimum Gasteiger partial charge on any atom is -0.475 e. The zero-order chi connectivity index (χ0) is 28.6. The molecule has 2 rings (SSSR count). The SMILES string of the molecule is NCCCCNCCCNC(=O)C(=O)c1c[nH]c2ccccc12.O=C(O)C(F)(F)F.O=C(O)C(F)(F)F. The van der Waals surface area contributed by atoms with Crippen molar-refractivity contribution in [3.63, 3.8) is 0 Å². The molecular formula is C21H26F6N4O6. The maximum absolute atomic E-state index is 12.2. The number of halogens is 6. The van der Waals surface area contributed by atoms with E-state index in [0.29, 0.717) is 18.7 Å². The molecular weight excluding hydrogens is 518 g/mol. The molecule has 0 saturated heterocycles. The highest BCUT2D eigenvalue weighted by Crippen LogP contribution is 2.18. The van der Waals surface area contributed by atoms with E-state index in [1.54, 1.807) is 6.20 Å². The number of nitrogens with one attached hydrogen (secondary N) is 3. The van der Waals surface area contributed by atoms with Gasteiger partial charge in [-0.05, 0) is 45.0 Å². The number of aromatic amines is 1. The number of fused-ring (bicyclic) bond motifs is 1. The van der Waals surface area contributed by atoms with Crippen LogP contribution in [-0.4, -0.2) is 77.4 Å². The van der Waals surface area contributed by atoms with Crippen molar-refractivity contribution in [1.29, 1.82) is 0 Å². The average Bonchev–Trinajstić information content (AvgIpc) is 3.24. The van der Waals surface area contributed by atoms with Crippen molar-refractivity contribution in [2.75, 3.05) is 26.2 Å². The summed E-state index contributed by atoms with van der Waals surface area (Å²) in [5.74, 6) is -6.57. The van der Waals surface area contributed by atoms with E-state index in [2.05, 4.69) is 15.6 Å². The van der Waals surface area contributed by atoms with E-state index in [1.165, 1.54) is 0 Å². The van der Waals surface area contributed by atoms with Crippen LogP contribution in [0.5, 0.6) is 0 Å². The number of benzene rings is 1. The minimum absolute atomic E-state index is 0.415. The Labute approximate surface area is 206 Å². The van der Waals surface area contributed by atoms with Crippen LogP contribution in [0.3, 0.4) is 0 Å². The van der Waals surface area contributed by atoms with Gasteiger partial charge in [0.05, 0.1) is 5.56 Å². The molecule has 7 N–H and O–H groups in total. The van der Waals surface area contributed by atoms with Crippen LogP contribution in [0.25, 0.3) is 10.9 Å². The largest absolute Gasteiger partial charge is 0.490 e. The van der Waals surface area contributed by atoms with Gasteiger partial charge in [-0.1, -0.05) is 18.2 Å². The van der Waals surface area contributed by atoms with Crippen molar-refractivity contribution in [3.8, 4) is 0 Å². The molecule has 1 amide bonds. The first-order valence-corrected chi connectivity index (χ1v) is 10.5. The van der Waals surface area contributed by atoms with Gasteiger partial charge in [0, 0.05) is 23.6 Å². The lowest BCUT2D eigenvalue weighted by Crippen LogP contribution is -2.33. The number of carbonyl (C=O) groups excluding carboxylic acids is 2. The number of Topliss-reactive ketones (excluding diaryl/α,β-unsaturated/α-hetero) is 1. The number of H-pyrrole nitrogens is 1. The first-order valence-electron chi connectivity index (χ1n) is 10.5. The molecule has 37 heavy (non-hydrogen) atoms. The Hall–Kier alpha value is -3.66. The first-order chi connectivity index (χ1) is 17.1. The third kappa shape index (κ3) is 13.9. The highest BCUT2D eigenvalue weighted by atomic mass is 19.4. The molecule has 208 valence electrons. The summed E-state index contributed by atoms with van der Waals surface area (Å²) in [5, 5.41) is 21.0. The molecule has 0 fully saturated rings. The Morgan fingerprint density at radius 2 is 1.35 bits per heavy atom. The summed E-state index contributed by atoms with van der Waals surface area (Å²) >= 11 is 0. The van der Waals surface area contributed by atoms with E-state index in [-0.39, 0.29) is 0 Å². The molecule has 1 heterocycles. The van der Waals surface area contributed by atoms with Crippen LogP contribution in [-0.2, 0) is 14.4 Å². The van der Waals surface area contributed by atoms with Crippen LogP contribution in [0.1, 0.15) is 29.6 Å². The van der Waals surface area contributed by atoms with E-state index in [4.69, 9.17) is 25.5 Å². The molecule has 0 unspecified atom stereocenters. The average molecular weight is 544 g/mol.